The number of hydrogen-bond donors (Lipinski definition) is 1. The van der Waals surface area contributed by atoms with Gasteiger partial charge in [-0.15, -0.1) is 0 Å². The summed E-state index contributed by atoms with van der Waals surface area (Å²) < 4.78 is 33.0. The molecule has 0 aromatic heterocycles. The van der Waals surface area contributed by atoms with Gasteiger partial charge in [-0.05, 0) is 35.7 Å². The van der Waals surface area contributed by atoms with E-state index in [1.807, 2.05) is 5.92 Å². The number of methoxy groups -OCH3 is 1. The van der Waals surface area contributed by atoms with Crippen LogP contribution in [-0.4, -0.2) is 23.9 Å². The Kier molecular flexibility index (Phi) is 5.09. The molecule has 0 amide bonds. The number of aliphatic hydroxyl groups is 1. The molecule has 1 N–H and O–H groups in total. The lowest BCUT2D eigenvalue weighted by molar-refractivity contribution is -0.155. The average molecular weight is 316 g/mol. The van der Waals surface area contributed by atoms with Crippen LogP contribution in [0.25, 0.3) is 0 Å². The third-order valence-electron chi connectivity index (χ3n) is 3.17. The van der Waals surface area contributed by atoms with Crippen molar-refractivity contribution in [1.29, 1.82) is 0 Å². The largest absolute Gasteiger partial charge is 0.497 e. The van der Waals surface area contributed by atoms with Gasteiger partial charge in [0.05, 0.1) is 7.11 Å². The number of ketones is 1. The molecule has 1 atom stereocenters. The van der Waals surface area contributed by atoms with Crippen LogP contribution in [0.15, 0.2) is 54.6 Å². The smallest absolute Gasteiger partial charge is 0.346 e. The third-order valence-corrected chi connectivity index (χ3v) is 3.17. The number of halogens is 2. The third kappa shape index (κ3) is 3.93. The van der Waals surface area contributed by atoms with Crippen LogP contribution in [-0.2, 0) is 4.79 Å². The maximum absolute atomic E-state index is 14.0. The molecule has 3 nitrogen and oxygen atoms in total. The number of benzene rings is 2. The summed E-state index contributed by atoms with van der Waals surface area (Å²) in [5.41, 5.74) is 0.348. The summed E-state index contributed by atoms with van der Waals surface area (Å²) in [6.07, 6.45) is -2.27. The quantitative estimate of drug-likeness (QED) is 0.882. The fourth-order valence-electron chi connectivity index (χ4n) is 1.85. The SMILES string of the molecule is COc1ccc(C(O)C(F)(F)C(=O)C#Cc2ccccc2)cc1. The highest BCUT2D eigenvalue weighted by Gasteiger charge is 2.46. The molecule has 2 aromatic carbocycles. The number of Topliss-reactive ketones (excluding diaryl/α,β-unsaturated/α-hetero) is 1. The summed E-state index contributed by atoms with van der Waals surface area (Å²) in [4.78, 5) is 11.7. The second-order valence-electron chi connectivity index (χ2n) is 4.74. The average Bonchev–Trinajstić information content (AvgIpc) is 2.59. The Hall–Kier alpha value is -2.71. The molecule has 0 saturated heterocycles. The lowest BCUT2D eigenvalue weighted by Gasteiger charge is -2.19. The molecule has 0 aliphatic heterocycles. The minimum atomic E-state index is -4.00. The molecule has 118 valence electrons. The number of hydrogen-bond acceptors (Lipinski definition) is 3. The molecule has 5 heteroatoms. The Bertz CT molecular complexity index is 728. The first kappa shape index (κ1) is 16.7. The molecule has 0 radical (unpaired) electrons. The molecule has 2 rings (SSSR count). The zero-order valence-electron chi connectivity index (χ0n) is 12.3. The summed E-state index contributed by atoms with van der Waals surface area (Å²) in [7, 11) is 1.43. The first-order chi connectivity index (χ1) is 10.9. The Morgan fingerprint density at radius 3 is 2.30 bits per heavy atom. The molecule has 0 heterocycles. The minimum absolute atomic E-state index is 0.0920. The fourth-order valence-corrected chi connectivity index (χ4v) is 1.85. The molecule has 0 aliphatic rings. The van der Waals surface area contributed by atoms with Gasteiger partial charge >= 0.3 is 5.92 Å². The van der Waals surface area contributed by atoms with Gasteiger partial charge in [0.1, 0.15) is 5.75 Å². The van der Waals surface area contributed by atoms with E-state index in [0.29, 0.717) is 11.3 Å². The van der Waals surface area contributed by atoms with Crippen molar-refractivity contribution in [2.45, 2.75) is 12.0 Å². The lowest BCUT2D eigenvalue weighted by atomic mass is 10.00. The Morgan fingerprint density at radius 1 is 1.13 bits per heavy atom. The van der Waals surface area contributed by atoms with Gasteiger partial charge in [-0.25, -0.2) is 0 Å². The molecule has 1 unspecified atom stereocenters. The molecule has 2 aromatic rings. The van der Waals surface area contributed by atoms with Gasteiger partial charge in [-0.1, -0.05) is 36.3 Å². The lowest BCUT2D eigenvalue weighted by Crippen LogP contribution is -2.35. The van der Waals surface area contributed by atoms with Crippen LogP contribution in [0.1, 0.15) is 17.2 Å². The second-order valence-corrected chi connectivity index (χ2v) is 4.74. The minimum Gasteiger partial charge on any atom is -0.497 e. The zero-order chi connectivity index (χ0) is 16.9. The van der Waals surface area contributed by atoms with Crippen LogP contribution in [0.3, 0.4) is 0 Å². The molecule has 0 spiro atoms. The van der Waals surface area contributed by atoms with E-state index >= 15 is 0 Å². The van der Waals surface area contributed by atoms with E-state index < -0.39 is 17.8 Å². The highest BCUT2D eigenvalue weighted by molar-refractivity contribution is 6.01. The first-order valence-electron chi connectivity index (χ1n) is 6.76. The second kappa shape index (κ2) is 7.03. The van der Waals surface area contributed by atoms with Crippen molar-refractivity contribution in [3.63, 3.8) is 0 Å². The van der Waals surface area contributed by atoms with Gasteiger partial charge in [0.15, 0.2) is 6.10 Å². The highest BCUT2D eigenvalue weighted by atomic mass is 19.3. The van der Waals surface area contributed by atoms with Gasteiger partial charge in [0, 0.05) is 5.56 Å². The van der Waals surface area contributed by atoms with Crippen molar-refractivity contribution in [1.82, 2.24) is 0 Å². The number of rotatable bonds is 4. The maximum Gasteiger partial charge on any atom is 0.346 e. The number of alkyl halides is 2. The van der Waals surface area contributed by atoms with Crippen LogP contribution < -0.4 is 4.74 Å². The van der Waals surface area contributed by atoms with Gasteiger partial charge in [-0.2, -0.15) is 8.78 Å². The van der Waals surface area contributed by atoms with Crippen LogP contribution in [0.5, 0.6) is 5.75 Å². The molecule has 0 bridgehead atoms. The monoisotopic (exact) mass is 316 g/mol. The summed E-state index contributed by atoms with van der Waals surface area (Å²) >= 11 is 0. The number of carbonyl (C=O) groups excluding carboxylic acids is 1. The fraction of sp³-hybridized carbons (Fsp3) is 0.167. The van der Waals surface area contributed by atoms with E-state index in [1.165, 1.54) is 31.4 Å². The van der Waals surface area contributed by atoms with Crippen molar-refractivity contribution in [3.8, 4) is 17.6 Å². The van der Waals surface area contributed by atoms with Gasteiger partial charge in [0.25, 0.3) is 5.78 Å². The van der Waals surface area contributed by atoms with Crippen LogP contribution in [0.4, 0.5) is 8.78 Å². The van der Waals surface area contributed by atoms with Gasteiger partial charge < -0.3 is 9.84 Å². The maximum atomic E-state index is 14.0. The predicted octanol–water partition coefficient (Wildman–Crippen LogP) is 2.98. The van der Waals surface area contributed by atoms with Gasteiger partial charge in [0.2, 0.25) is 0 Å². The summed E-state index contributed by atoms with van der Waals surface area (Å²) in [6.45, 7) is 0. The molecule has 0 saturated carbocycles. The van der Waals surface area contributed by atoms with E-state index in [2.05, 4.69) is 5.92 Å². The highest BCUT2D eigenvalue weighted by Crippen LogP contribution is 2.32. The van der Waals surface area contributed by atoms with Crippen molar-refractivity contribution >= 4 is 5.78 Å². The van der Waals surface area contributed by atoms with E-state index in [9.17, 15) is 18.7 Å². The van der Waals surface area contributed by atoms with Gasteiger partial charge in [-0.3, -0.25) is 4.79 Å². The summed E-state index contributed by atoms with van der Waals surface area (Å²) in [5, 5.41) is 9.80. The molecule has 0 fully saturated rings. The van der Waals surface area contributed by atoms with Crippen LogP contribution >= 0.6 is 0 Å². The first-order valence-corrected chi connectivity index (χ1v) is 6.76. The summed E-state index contributed by atoms with van der Waals surface area (Å²) in [5.74, 6) is -0.927. The van der Waals surface area contributed by atoms with E-state index in [-0.39, 0.29) is 5.56 Å². The summed E-state index contributed by atoms with van der Waals surface area (Å²) in [6, 6.07) is 13.7. The van der Waals surface area contributed by atoms with E-state index in [1.54, 1.807) is 30.3 Å². The van der Waals surface area contributed by atoms with Crippen molar-refractivity contribution < 1.29 is 23.4 Å². The normalized spacial score (nSPS) is 12.0. The standard InChI is InChI=1S/C18H14F2O3/c1-23-15-10-8-14(9-11-15)17(22)18(19,20)16(21)12-7-13-5-3-2-4-6-13/h2-6,8-11,17,22H,1H3. The number of ether oxygens (including phenoxy) is 1. The zero-order valence-corrected chi connectivity index (χ0v) is 12.3. The van der Waals surface area contributed by atoms with Crippen LogP contribution in [0.2, 0.25) is 0 Å². The van der Waals surface area contributed by atoms with E-state index in [4.69, 9.17) is 4.74 Å². The van der Waals surface area contributed by atoms with Crippen LogP contribution in [0, 0.1) is 11.8 Å². The number of aliphatic hydroxyl groups excluding tert-OH is 1. The number of carbonyl (C=O) groups is 1. The Morgan fingerprint density at radius 2 is 1.74 bits per heavy atom. The van der Waals surface area contributed by atoms with Crippen molar-refractivity contribution in [3.05, 3.63) is 65.7 Å². The van der Waals surface area contributed by atoms with Crippen molar-refractivity contribution in [2.24, 2.45) is 0 Å². The van der Waals surface area contributed by atoms with E-state index in [0.717, 1.165) is 0 Å². The molecular formula is C18H14F2O3. The predicted molar refractivity (Wildman–Crippen MR) is 81.2 cm³/mol. The van der Waals surface area contributed by atoms with Crippen molar-refractivity contribution in [2.75, 3.05) is 7.11 Å². The Balaban J connectivity index is 2.18. The molecule has 0 aliphatic carbocycles. The molecular weight excluding hydrogens is 302 g/mol. The topological polar surface area (TPSA) is 46.5 Å². The Labute approximate surface area is 132 Å². The molecule has 23 heavy (non-hydrogen) atoms.